The lowest BCUT2D eigenvalue weighted by Crippen LogP contribution is -2.03. The van der Waals surface area contributed by atoms with Crippen molar-refractivity contribution >= 4 is 11.6 Å². The maximum absolute atomic E-state index is 5.54. The largest absolute Gasteiger partial charge is 0.493 e. The van der Waals surface area contributed by atoms with Gasteiger partial charge in [0.2, 0.25) is 0 Å². The molecule has 0 bridgehead atoms. The van der Waals surface area contributed by atoms with Gasteiger partial charge in [0.15, 0.2) is 11.5 Å². The molecule has 0 aromatic carbocycles. The molecule has 0 spiro atoms. The van der Waals surface area contributed by atoms with E-state index in [1.807, 2.05) is 18.6 Å². The predicted molar refractivity (Wildman–Crippen MR) is 53.4 cm³/mol. The summed E-state index contributed by atoms with van der Waals surface area (Å²) >= 11 is 5.54. The van der Waals surface area contributed by atoms with Gasteiger partial charge in [-0.3, -0.25) is 0 Å². The van der Waals surface area contributed by atoms with Crippen molar-refractivity contribution in [1.29, 1.82) is 0 Å². The van der Waals surface area contributed by atoms with E-state index in [-0.39, 0.29) is 0 Å². The molecule has 0 saturated carbocycles. The van der Waals surface area contributed by atoms with Gasteiger partial charge in [-0.25, -0.2) is 0 Å². The average Bonchev–Trinajstić information content (AvgIpc) is 2.19. The molecular formula is C10H14ClO2. The van der Waals surface area contributed by atoms with Crippen LogP contribution in [0.15, 0.2) is 23.7 Å². The van der Waals surface area contributed by atoms with Crippen LogP contribution in [-0.2, 0) is 9.47 Å². The van der Waals surface area contributed by atoms with Crippen LogP contribution in [0.1, 0.15) is 12.8 Å². The molecule has 0 N–H and O–H groups in total. The van der Waals surface area contributed by atoms with Gasteiger partial charge in [0, 0.05) is 5.88 Å². The Kier molecular flexibility index (Phi) is 4.76. The summed E-state index contributed by atoms with van der Waals surface area (Å²) in [5.41, 5.74) is 0. The summed E-state index contributed by atoms with van der Waals surface area (Å²) in [6.07, 6.45) is 7.74. The van der Waals surface area contributed by atoms with Crippen LogP contribution in [-0.4, -0.2) is 19.6 Å². The van der Waals surface area contributed by atoms with Gasteiger partial charge in [-0.2, -0.15) is 0 Å². The van der Waals surface area contributed by atoms with Crippen molar-refractivity contribution < 1.29 is 9.47 Å². The Morgan fingerprint density at radius 2 is 2.31 bits per heavy atom. The number of rotatable bonds is 5. The molecule has 0 fully saturated rings. The summed E-state index contributed by atoms with van der Waals surface area (Å²) in [4.78, 5) is 0. The highest BCUT2D eigenvalue weighted by atomic mass is 35.5. The van der Waals surface area contributed by atoms with Crippen LogP contribution >= 0.6 is 11.6 Å². The molecule has 1 radical (unpaired) electrons. The molecule has 0 aromatic heterocycles. The van der Waals surface area contributed by atoms with E-state index >= 15 is 0 Å². The number of methoxy groups -OCH3 is 1. The number of alkyl halides is 1. The zero-order valence-electron chi connectivity index (χ0n) is 7.75. The highest BCUT2D eigenvalue weighted by molar-refractivity contribution is 6.17. The smallest absolute Gasteiger partial charge is 0.156 e. The Balaban J connectivity index is 2.38. The van der Waals surface area contributed by atoms with Gasteiger partial charge in [0.1, 0.15) is 0 Å². The number of ether oxygens (including phenoxy) is 2. The summed E-state index contributed by atoms with van der Waals surface area (Å²) < 4.78 is 10.6. The van der Waals surface area contributed by atoms with Crippen LogP contribution in [0.4, 0.5) is 0 Å². The third kappa shape index (κ3) is 3.31. The Bertz CT molecular complexity index is 209. The Morgan fingerprint density at radius 3 is 3.00 bits per heavy atom. The van der Waals surface area contributed by atoms with Crippen molar-refractivity contribution in [1.82, 2.24) is 0 Å². The van der Waals surface area contributed by atoms with E-state index in [2.05, 4.69) is 0 Å². The molecule has 73 valence electrons. The van der Waals surface area contributed by atoms with Gasteiger partial charge >= 0.3 is 0 Å². The van der Waals surface area contributed by atoms with Crippen LogP contribution in [0.25, 0.3) is 0 Å². The molecule has 1 aliphatic rings. The summed E-state index contributed by atoms with van der Waals surface area (Å²) in [7, 11) is 1.64. The molecule has 0 saturated heterocycles. The van der Waals surface area contributed by atoms with Crippen molar-refractivity contribution in [2.75, 3.05) is 19.6 Å². The molecular weight excluding hydrogens is 188 g/mol. The molecule has 0 unspecified atom stereocenters. The first-order valence-electron chi connectivity index (χ1n) is 4.35. The van der Waals surface area contributed by atoms with Gasteiger partial charge in [-0.15, -0.1) is 11.6 Å². The number of hydrogen-bond donors (Lipinski definition) is 0. The molecule has 1 rings (SSSR count). The van der Waals surface area contributed by atoms with E-state index in [1.54, 1.807) is 7.11 Å². The second-order valence-corrected chi connectivity index (χ2v) is 3.04. The zero-order valence-corrected chi connectivity index (χ0v) is 8.51. The van der Waals surface area contributed by atoms with E-state index in [9.17, 15) is 0 Å². The van der Waals surface area contributed by atoms with Gasteiger partial charge < -0.3 is 9.47 Å². The van der Waals surface area contributed by atoms with E-state index in [0.717, 1.165) is 24.4 Å². The third-order valence-corrected chi connectivity index (χ3v) is 1.97. The SMILES string of the molecule is COC1=C[CH]CC=C1OCCCCl. The monoisotopic (exact) mass is 201 g/mol. The lowest BCUT2D eigenvalue weighted by molar-refractivity contribution is 0.174. The molecule has 0 heterocycles. The van der Waals surface area contributed by atoms with Crippen LogP contribution in [0.2, 0.25) is 0 Å². The Hall–Kier alpha value is -0.630. The molecule has 2 nitrogen and oxygen atoms in total. The van der Waals surface area contributed by atoms with E-state index in [4.69, 9.17) is 21.1 Å². The van der Waals surface area contributed by atoms with Gasteiger partial charge in [-0.1, -0.05) is 0 Å². The topological polar surface area (TPSA) is 18.5 Å². The molecule has 1 aliphatic carbocycles. The minimum Gasteiger partial charge on any atom is -0.493 e. The summed E-state index contributed by atoms with van der Waals surface area (Å²) in [5.74, 6) is 2.25. The van der Waals surface area contributed by atoms with Crippen molar-refractivity contribution in [2.45, 2.75) is 12.8 Å². The van der Waals surface area contributed by atoms with Crippen molar-refractivity contribution in [3.8, 4) is 0 Å². The van der Waals surface area contributed by atoms with Gasteiger partial charge in [0.05, 0.1) is 13.7 Å². The predicted octanol–water partition coefficient (Wildman–Crippen LogP) is 2.65. The molecule has 3 heteroatoms. The van der Waals surface area contributed by atoms with E-state index < -0.39 is 0 Å². The first-order chi connectivity index (χ1) is 6.38. The second-order valence-electron chi connectivity index (χ2n) is 2.67. The van der Waals surface area contributed by atoms with E-state index in [0.29, 0.717) is 12.5 Å². The molecule has 0 aliphatic heterocycles. The Labute approximate surface area is 84.2 Å². The lowest BCUT2D eigenvalue weighted by atomic mass is 10.1. The summed E-state index contributed by atoms with van der Waals surface area (Å²) in [6.45, 7) is 0.649. The van der Waals surface area contributed by atoms with E-state index in [1.165, 1.54) is 0 Å². The molecule has 13 heavy (non-hydrogen) atoms. The number of hydrogen-bond acceptors (Lipinski definition) is 2. The highest BCUT2D eigenvalue weighted by Crippen LogP contribution is 2.19. The van der Waals surface area contributed by atoms with Crippen molar-refractivity contribution in [3.63, 3.8) is 0 Å². The van der Waals surface area contributed by atoms with Crippen molar-refractivity contribution in [2.24, 2.45) is 0 Å². The number of allylic oxidation sites excluding steroid dienone is 2. The maximum atomic E-state index is 5.54. The fourth-order valence-corrected chi connectivity index (χ4v) is 1.18. The van der Waals surface area contributed by atoms with Gasteiger partial charge in [-0.05, 0) is 31.4 Å². The van der Waals surface area contributed by atoms with Crippen molar-refractivity contribution in [3.05, 3.63) is 30.1 Å². The van der Waals surface area contributed by atoms with Crippen LogP contribution in [0.5, 0.6) is 0 Å². The highest BCUT2D eigenvalue weighted by Gasteiger charge is 2.09. The summed E-state index contributed by atoms with van der Waals surface area (Å²) in [6, 6.07) is 0. The Morgan fingerprint density at radius 1 is 1.46 bits per heavy atom. The standard InChI is InChI=1S/C10H14ClO2/c1-12-9-5-2-3-6-10(9)13-8-4-7-11/h2,5-6H,3-4,7-8H2,1H3. The molecule has 0 atom stereocenters. The van der Waals surface area contributed by atoms with Crippen LogP contribution in [0.3, 0.4) is 0 Å². The first kappa shape index (κ1) is 10.5. The van der Waals surface area contributed by atoms with Crippen LogP contribution < -0.4 is 0 Å². The minimum atomic E-state index is 0.630. The van der Waals surface area contributed by atoms with Gasteiger partial charge in [0.25, 0.3) is 0 Å². The third-order valence-electron chi connectivity index (χ3n) is 1.71. The fourth-order valence-electron chi connectivity index (χ4n) is 1.07. The molecule has 0 aromatic rings. The lowest BCUT2D eigenvalue weighted by Gasteiger charge is -2.15. The minimum absolute atomic E-state index is 0.630. The quantitative estimate of drug-likeness (QED) is 0.503. The van der Waals surface area contributed by atoms with Crippen LogP contribution in [0, 0.1) is 6.42 Å². The maximum Gasteiger partial charge on any atom is 0.156 e. The normalized spacial score (nSPS) is 16.2. The number of halogens is 1. The molecule has 0 amide bonds. The summed E-state index contributed by atoms with van der Waals surface area (Å²) in [5, 5.41) is 0. The zero-order chi connectivity index (χ0) is 9.52. The average molecular weight is 202 g/mol. The fraction of sp³-hybridized carbons (Fsp3) is 0.500. The first-order valence-corrected chi connectivity index (χ1v) is 4.88. The second kappa shape index (κ2) is 5.92.